The molecule has 0 aliphatic heterocycles. The van der Waals surface area contributed by atoms with Crippen LogP contribution in [0.1, 0.15) is 26.2 Å². The third-order valence-corrected chi connectivity index (χ3v) is 2.20. The van der Waals surface area contributed by atoms with E-state index >= 15 is 0 Å². The van der Waals surface area contributed by atoms with Crippen LogP contribution in [-0.2, 0) is 14.3 Å². The van der Waals surface area contributed by atoms with Gasteiger partial charge in [-0.15, -0.1) is 0 Å². The molecule has 1 amide bonds. The Morgan fingerprint density at radius 1 is 1.26 bits per heavy atom. The highest BCUT2D eigenvalue weighted by atomic mass is 19.4. The molecule has 0 spiro atoms. The SMILES string of the molecule is CCOCCCN(CC(F)(F)F)C(=O)CCC(=O)O. The lowest BCUT2D eigenvalue weighted by Gasteiger charge is -2.23. The maximum Gasteiger partial charge on any atom is 0.406 e. The minimum Gasteiger partial charge on any atom is -0.481 e. The Hall–Kier alpha value is -1.31. The number of rotatable bonds is 9. The molecule has 0 bridgehead atoms. The van der Waals surface area contributed by atoms with E-state index in [4.69, 9.17) is 9.84 Å². The van der Waals surface area contributed by atoms with Crippen LogP contribution in [0.4, 0.5) is 13.2 Å². The van der Waals surface area contributed by atoms with E-state index in [1.165, 1.54) is 0 Å². The van der Waals surface area contributed by atoms with Crippen LogP contribution < -0.4 is 0 Å². The molecular formula is C11H18F3NO4. The Kier molecular flexibility index (Phi) is 8.13. The Morgan fingerprint density at radius 3 is 2.37 bits per heavy atom. The minimum atomic E-state index is -4.50. The van der Waals surface area contributed by atoms with Gasteiger partial charge in [0.1, 0.15) is 6.54 Å². The van der Waals surface area contributed by atoms with E-state index in [9.17, 15) is 22.8 Å². The Morgan fingerprint density at radius 2 is 1.89 bits per heavy atom. The summed E-state index contributed by atoms with van der Waals surface area (Å²) >= 11 is 0. The molecule has 0 aliphatic rings. The average molecular weight is 285 g/mol. The molecule has 1 N–H and O–H groups in total. The minimum absolute atomic E-state index is 0.0992. The predicted molar refractivity (Wildman–Crippen MR) is 60.6 cm³/mol. The fourth-order valence-corrected chi connectivity index (χ4v) is 1.38. The standard InChI is InChI=1S/C11H18F3NO4/c1-2-19-7-3-6-15(8-11(12,13)14)9(16)4-5-10(17)18/h2-8H2,1H3,(H,17,18). The molecule has 0 heterocycles. The number of aliphatic carboxylic acids is 1. The normalized spacial score (nSPS) is 11.4. The third kappa shape index (κ3) is 10.3. The van der Waals surface area contributed by atoms with Crippen molar-refractivity contribution in [1.29, 1.82) is 0 Å². The van der Waals surface area contributed by atoms with Crippen molar-refractivity contribution in [3.8, 4) is 0 Å². The van der Waals surface area contributed by atoms with Gasteiger partial charge in [-0.05, 0) is 13.3 Å². The summed E-state index contributed by atoms with van der Waals surface area (Å²) in [7, 11) is 0. The molecule has 0 atom stereocenters. The van der Waals surface area contributed by atoms with E-state index in [-0.39, 0.29) is 19.6 Å². The van der Waals surface area contributed by atoms with Gasteiger partial charge in [0.15, 0.2) is 0 Å². The third-order valence-electron chi connectivity index (χ3n) is 2.20. The maximum absolute atomic E-state index is 12.3. The van der Waals surface area contributed by atoms with E-state index < -0.39 is 37.4 Å². The predicted octanol–water partition coefficient (Wildman–Crippen LogP) is 1.67. The smallest absolute Gasteiger partial charge is 0.406 e. The van der Waals surface area contributed by atoms with Crippen LogP contribution >= 0.6 is 0 Å². The van der Waals surface area contributed by atoms with Crippen LogP contribution in [0.25, 0.3) is 0 Å². The molecular weight excluding hydrogens is 267 g/mol. The highest BCUT2D eigenvalue weighted by Crippen LogP contribution is 2.17. The van der Waals surface area contributed by atoms with Gasteiger partial charge in [-0.3, -0.25) is 9.59 Å². The Balaban J connectivity index is 4.31. The molecule has 0 fully saturated rings. The van der Waals surface area contributed by atoms with Crippen LogP contribution in [0.15, 0.2) is 0 Å². The number of hydrogen-bond donors (Lipinski definition) is 1. The molecule has 19 heavy (non-hydrogen) atoms. The number of carbonyl (C=O) groups excluding carboxylic acids is 1. The summed E-state index contributed by atoms with van der Waals surface area (Å²) in [5, 5.41) is 8.41. The van der Waals surface area contributed by atoms with Crippen LogP contribution in [0.5, 0.6) is 0 Å². The van der Waals surface area contributed by atoms with Gasteiger partial charge < -0.3 is 14.7 Å². The van der Waals surface area contributed by atoms with E-state index in [1.807, 2.05) is 0 Å². The van der Waals surface area contributed by atoms with Crippen molar-refractivity contribution >= 4 is 11.9 Å². The van der Waals surface area contributed by atoms with E-state index in [0.29, 0.717) is 11.5 Å². The van der Waals surface area contributed by atoms with Crippen molar-refractivity contribution < 1.29 is 32.6 Å². The first-order valence-corrected chi connectivity index (χ1v) is 5.90. The van der Waals surface area contributed by atoms with Gasteiger partial charge in [0, 0.05) is 26.2 Å². The second-order valence-electron chi connectivity index (χ2n) is 3.87. The van der Waals surface area contributed by atoms with E-state index in [1.54, 1.807) is 6.92 Å². The van der Waals surface area contributed by atoms with Crippen molar-refractivity contribution in [3.05, 3.63) is 0 Å². The van der Waals surface area contributed by atoms with Crippen LogP contribution in [0.3, 0.4) is 0 Å². The average Bonchev–Trinajstić information content (AvgIpc) is 2.28. The zero-order valence-electron chi connectivity index (χ0n) is 10.7. The van der Waals surface area contributed by atoms with Gasteiger partial charge in [0.05, 0.1) is 6.42 Å². The lowest BCUT2D eigenvalue weighted by atomic mass is 10.2. The number of hydrogen-bond acceptors (Lipinski definition) is 3. The Bertz CT molecular complexity index is 294. The number of carboxylic acids is 1. The fourth-order valence-electron chi connectivity index (χ4n) is 1.38. The number of nitrogens with zero attached hydrogens (tertiary/aromatic N) is 1. The van der Waals surface area contributed by atoms with Gasteiger partial charge in [-0.25, -0.2) is 0 Å². The van der Waals surface area contributed by atoms with Gasteiger partial charge in [-0.1, -0.05) is 0 Å². The highest BCUT2D eigenvalue weighted by molar-refractivity contribution is 5.80. The first-order valence-electron chi connectivity index (χ1n) is 5.90. The molecule has 0 aliphatic carbocycles. The molecule has 0 unspecified atom stereocenters. The first kappa shape index (κ1) is 17.7. The number of amides is 1. The quantitative estimate of drug-likeness (QED) is 0.654. The number of ether oxygens (including phenoxy) is 1. The zero-order chi connectivity index (χ0) is 14.9. The van der Waals surface area contributed by atoms with Crippen molar-refractivity contribution in [1.82, 2.24) is 4.90 Å². The number of alkyl halides is 3. The second-order valence-corrected chi connectivity index (χ2v) is 3.87. The molecule has 0 radical (unpaired) electrons. The summed E-state index contributed by atoms with van der Waals surface area (Å²) < 4.78 is 41.9. The van der Waals surface area contributed by atoms with E-state index in [0.717, 1.165) is 0 Å². The number of carboxylic acid groups (broad SMARTS) is 1. The van der Waals surface area contributed by atoms with Crippen LogP contribution in [-0.4, -0.2) is 54.4 Å². The van der Waals surface area contributed by atoms with E-state index in [2.05, 4.69) is 0 Å². The van der Waals surface area contributed by atoms with Crippen molar-refractivity contribution in [2.45, 2.75) is 32.4 Å². The lowest BCUT2D eigenvalue weighted by molar-refractivity contribution is -0.162. The molecule has 5 nitrogen and oxygen atoms in total. The maximum atomic E-state index is 12.3. The topological polar surface area (TPSA) is 66.8 Å². The van der Waals surface area contributed by atoms with Crippen molar-refractivity contribution in [3.63, 3.8) is 0 Å². The highest BCUT2D eigenvalue weighted by Gasteiger charge is 2.32. The monoisotopic (exact) mass is 285 g/mol. The summed E-state index contributed by atoms with van der Waals surface area (Å²) in [5.41, 5.74) is 0. The molecule has 0 aromatic rings. The molecule has 0 rings (SSSR count). The van der Waals surface area contributed by atoms with Crippen LogP contribution in [0, 0.1) is 0 Å². The largest absolute Gasteiger partial charge is 0.481 e. The van der Waals surface area contributed by atoms with Crippen molar-refractivity contribution in [2.75, 3.05) is 26.3 Å². The molecule has 112 valence electrons. The number of halogens is 3. The molecule has 0 saturated heterocycles. The second kappa shape index (κ2) is 8.73. The summed E-state index contributed by atoms with van der Waals surface area (Å²) in [6.07, 6.45) is -5.12. The van der Waals surface area contributed by atoms with Gasteiger partial charge in [0.2, 0.25) is 5.91 Å². The molecule has 0 saturated carbocycles. The molecule has 8 heteroatoms. The van der Waals surface area contributed by atoms with Gasteiger partial charge >= 0.3 is 12.1 Å². The summed E-state index contributed by atoms with van der Waals surface area (Å²) in [6.45, 7) is 1.00. The summed E-state index contributed by atoms with van der Waals surface area (Å²) in [5.74, 6) is -2.02. The summed E-state index contributed by atoms with van der Waals surface area (Å²) in [6, 6.07) is 0. The number of carbonyl (C=O) groups is 2. The molecule has 0 aromatic heterocycles. The first-order chi connectivity index (χ1) is 8.76. The van der Waals surface area contributed by atoms with Crippen molar-refractivity contribution in [2.24, 2.45) is 0 Å². The van der Waals surface area contributed by atoms with Gasteiger partial charge in [0.25, 0.3) is 0 Å². The van der Waals surface area contributed by atoms with Gasteiger partial charge in [-0.2, -0.15) is 13.2 Å². The fraction of sp³-hybridized carbons (Fsp3) is 0.818. The zero-order valence-corrected chi connectivity index (χ0v) is 10.7. The lowest BCUT2D eigenvalue weighted by Crippen LogP contribution is -2.40. The Labute approximate surface area is 109 Å². The molecule has 0 aromatic carbocycles. The van der Waals surface area contributed by atoms with Crippen LogP contribution in [0.2, 0.25) is 0 Å². The summed E-state index contributed by atoms with van der Waals surface area (Å²) in [4.78, 5) is 22.4.